The lowest BCUT2D eigenvalue weighted by Crippen LogP contribution is -2.16. The monoisotopic (exact) mass is 267 g/mol. The van der Waals surface area contributed by atoms with E-state index >= 15 is 0 Å². The number of fused-ring (bicyclic) bond motifs is 1. The maximum Gasteiger partial charge on any atom is 0.276 e. The summed E-state index contributed by atoms with van der Waals surface area (Å²) in [6, 6.07) is 9.86. The van der Waals surface area contributed by atoms with Crippen LogP contribution in [0.3, 0.4) is 0 Å². The number of nitrogens with one attached hydrogen (secondary N) is 2. The smallest absolute Gasteiger partial charge is 0.276 e. The molecule has 0 radical (unpaired) electrons. The van der Waals surface area contributed by atoms with Crippen LogP contribution in [0.2, 0.25) is 0 Å². The third-order valence-electron chi connectivity index (χ3n) is 3.05. The average Bonchev–Trinajstić information content (AvgIpc) is 2.49. The largest absolute Gasteiger partial charge is 0.391 e. The number of benzene rings is 1. The first-order valence-electron chi connectivity index (χ1n) is 6.15. The normalized spacial score (nSPS) is 10.6. The Morgan fingerprint density at radius 3 is 2.95 bits per heavy atom. The van der Waals surface area contributed by atoms with Crippen molar-refractivity contribution in [2.24, 2.45) is 0 Å². The Morgan fingerprint density at radius 2 is 2.05 bits per heavy atom. The van der Waals surface area contributed by atoms with Crippen LogP contribution in [0.15, 0.2) is 47.7 Å². The summed E-state index contributed by atoms with van der Waals surface area (Å²) >= 11 is 0. The van der Waals surface area contributed by atoms with Crippen LogP contribution in [-0.4, -0.2) is 15.0 Å². The van der Waals surface area contributed by atoms with Gasteiger partial charge >= 0.3 is 0 Å². The van der Waals surface area contributed by atoms with Gasteiger partial charge in [0.05, 0.1) is 11.8 Å². The highest BCUT2D eigenvalue weighted by molar-refractivity contribution is 5.81. The van der Waals surface area contributed by atoms with Crippen LogP contribution in [0.5, 0.6) is 0 Å². The molecule has 0 aliphatic rings. The van der Waals surface area contributed by atoms with Crippen LogP contribution < -0.4 is 16.6 Å². The van der Waals surface area contributed by atoms with Crippen LogP contribution in [0.1, 0.15) is 5.56 Å². The van der Waals surface area contributed by atoms with Gasteiger partial charge in [0, 0.05) is 18.1 Å². The summed E-state index contributed by atoms with van der Waals surface area (Å²) in [5.41, 5.74) is 7.35. The quantitative estimate of drug-likeness (QED) is 0.668. The summed E-state index contributed by atoms with van der Waals surface area (Å²) < 4.78 is 0. The number of para-hydroxylation sites is 1. The minimum Gasteiger partial charge on any atom is -0.391 e. The molecular formula is C14H13N5O. The van der Waals surface area contributed by atoms with Gasteiger partial charge in [-0.1, -0.05) is 24.3 Å². The molecule has 2 aromatic heterocycles. The fraction of sp³-hybridized carbons (Fsp3) is 0.0714. The number of aromatic nitrogens is 3. The van der Waals surface area contributed by atoms with Gasteiger partial charge in [-0.2, -0.15) is 0 Å². The highest BCUT2D eigenvalue weighted by Crippen LogP contribution is 2.17. The van der Waals surface area contributed by atoms with Crippen LogP contribution in [-0.2, 0) is 6.54 Å². The zero-order valence-electron chi connectivity index (χ0n) is 10.6. The van der Waals surface area contributed by atoms with E-state index in [9.17, 15) is 4.79 Å². The number of nitrogens with two attached hydrogens (primary N) is 1. The number of aromatic amines is 1. The van der Waals surface area contributed by atoms with E-state index in [4.69, 9.17) is 5.73 Å². The van der Waals surface area contributed by atoms with Crippen molar-refractivity contribution >= 4 is 22.4 Å². The molecule has 100 valence electrons. The third kappa shape index (κ3) is 2.18. The zero-order valence-corrected chi connectivity index (χ0v) is 10.6. The molecule has 0 fully saturated rings. The topological polar surface area (TPSA) is 96.7 Å². The molecule has 0 spiro atoms. The van der Waals surface area contributed by atoms with Gasteiger partial charge in [0.15, 0.2) is 5.82 Å². The SMILES string of the molecule is Nc1c(NCc2cccc3cccnc23)nc[nH]c1=O. The summed E-state index contributed by atoms with van der Waals surface area (Å²) in [6.07, 6.45) is 3.08. The minimum atomic E-state index is -0.349. The molecule has 0 aliphatic heterocycles. The molecule has 3 rings (SSSR count). The van der Waals surface area contributed by atoms with E-state index in [2.05, 4.69) is 20.3 Å². The summed E-state index contributed by atoms with van der Waals surface area (Å²) in [5.74, 6) is 0.377. The van der Waals surface area contributed by atoms with Crippen molar-refractivity contribution in [1.82, 2.24) is 15.0 Å². The lowest BCUT2D eigenvalue weighted by Gasteiger charge is -2.09. The first-order valence-corrected chi connectivity index (χ1v) is 6.15. The predicted octanol–water partition coefficient (Wildman–Crippen LogP) is 1.51. The second-order valence-corrected chi connectivity index (χ2v) is 4.34. The van der Waals surface area contributed by atoms with Crippen LogP contribution in [0.25, 0.3) is 10.9 Å². The summed E-state index contributed by atoms with van der Waals surface area (Å²) in [6.45, 7) is 0.495. The molecule has 0 aliphatic carbocycles. The number of pyridine rings is 1. The Labute approximate surface area is 114 Å². The van der Waals surface area contributed by atoms with Gasteiger partial charge in [0.1, 0.15) is 5.69 Å². The maximum atomic E-state index is 11.4. The standard InChI is InChI=1S/C14H13N5O/c15-11-13(18-8-19-14(11)20)17-7-10-4-1-3-9-5-2-6-16-12(9)10/h1-6,8H,7,15H2,(H2,17,18,19,20). The van der Waals surface area contributed by atoms with Gasteiger partial charge in [-0.3, -0.25) is 9.78 Å². The van der Waals surface area contributed by atoms with E-state index in [1.165, 1.54) is 6.33 Å². The van der Waals surface area contributed by atoms with Gasteiger partial charge in [-0.05, 0) is 11.6 Å². The van der Waals surface area contributed by atoms with E-state index in [0.717, 1.165) is 16.5 Å². The fourth-order valence-electron chi connectivity index (χ4n) is 2.04. The van der Waals surface area contributed by atoms with Gasteiger partial charge in [-0.15, -0.1) is 0 Å². The highest BCUT2D eigenvalue weighted by atomic mass is 16.1. The molecule has 0 amide bonds. The number of hydrogen-bond acceptors (Lipinski definition) is 5. The molecular weight excluding hydrogens is 254 g/mol. The van der Waals surface area contributed by atoms with E-state index in [0.29, 0.717) is 12.4 Å². The van der Waals surface area contributed by atoms with Crippen molar-refractivity contribution in [2.75, 3.05) is 11.1 Å². The fourth-order valence-corrected chi connectivity index (χ4v) is 2.04. The summed E-state index contributed by atoms with van der Waals surface area (Å²) in [4.78, 5) is 22.2. The molecule has 20 heavy (non-hydrogen) atoms. The Balaban J connectivity index is 1.91. The number of anilines is 2. The van der Waals surface area contributed by atoms with Gasteiger partial charge in [0.25, 0.3) is 5.56 Å². The van der Waals surface area contributed by atoms with Crippen LogP contribution in [0.4, 0.5) is 11.5 Å². The molecule has 3 aromatic rings. The lowest BCUT2D eigenvalue weighted by molar-refractivity contribution is 1.07. The molecule has 1 aromatic carbocycles. The molecule has 0 saturated carbocycles. The Bertz CT molecular complexity index is 807. The predicted molar refractivity (Wildman–Crippen MR) is 78.3 cm³/mol. The van der Waals surface area contributed by atoms with Crippen LogP contribution >= 0.6 is 0 Å². The second-order valence-electron chi connectivity index (χ2n) is 4.34. The number of H-pyrrole nitrogens is 1. The molecule has 0 atom stereocenters. The second kappa shape index (κ2) is 5.00. The van der Waals surface area contributed by atoms with Crippen LogP contribution in [0, 0.1) is 0 Å². The maximum absolute atomic E-state index is 11.4. The van der Waals surface area contributed by atoms with E-state index in [1.807, 2.05) is 30.3 Å². The number of nitrogen functional groups attached to an aromatic ring is 1. The molecule has 4 N–H and O–H groups in total. The molecule has 0 saturated heterocycles. The Hall–Kier alpha value is -2.89. The number of rotatable bonds is 3. The van der Waals surface area contributed by atoms with E-state index < -0.39 is 0 Å². The third-order valence-corrected chi connectivity index (χ3v) is 3.05. The highest BCUT2D eigenvalue weighted by Gasteiger charge is 2.06. The van der Waals surface area contributed by atoms with Crippen molar-refractivity contribution in [3.63, 3.8) is 0 Å². The van der Waals surface area contributed by atoms with Crippen molar-refractivity contribution in [2.45, 2.75) is 6.54 Å². The number of hydrogen-bond donors (Lipinski definition) is 3. The van der Waals surface area contributed by atoms with E-state index in [-0.39, 0.29) is 11.2 Å². The Kier molecular flexibility index (Phi) is 3.04. The summed E-state index contributed by atoms with van der Waals surface area (Å²) in [5, 5.41) is 4.13. The van der Waals surface area contributed by atoms with Crippen molar-refractivity contribution in [3.8, 4) is 0 Å². The van der Waals surface area contributed by atoms with Gasteiger partial charge in [-0.25, -0.2) is 4.98 Å². The molecule has 0 bridgehead atoms. The van der Waals surface area contributed by atoms with Gasteiger partial charge < -0.3 is 16.0 Å². The van der Waals surface area contributed by atoms with Crippen molar-refractivity contribution < 1.29 is 0 Å². The van der Waals surface area contributed by atoms with E-state index in [1.54, 1.807) is 6.20 Å². The summed E-state index contributed by atoms with van der Waals surface area (Å²) in [7, 11) is 0. The Morgan fingerprint density at radius 1 is 1.20 bits per heavy atom. The minimum absolute atomic E-state index is 0.0840. The zero-order chi connectivity index (χ0) is 13.9. The first-order chi connectivity index (χ1) is 9.75. The van der Waals surface area contributed by atoms with Crippen molar-refractivity contribution in [1.29, 1.82) is 0 Å². The average molecular weight is 267 g/mol. The molecule has 2 heterocycles. The van der Waals surface area contributed by atoms with Crippen molar-refractivity contribution in [3.05, 3.63) is 58.8 Å². The molecule has 6 heteroatoms. The molecule has 0 unspecified atom stereocenters. The van der Waals surface area contributed by atoms with Gasteiger partial charge in [0.2, 0.25) is 0 Å². The number of nitrogens with zero attached hydrogens (tertiary/aromatic N) is 2. The molecule has 6 nitrogen and oxygen atoms in total. The lowest BCUT2D eigenvalue weighted by atomic mass is 10.1. The first kappa shape index (κ1) is 12.2.